The van der Waals surface area contributed by atoms with Gasteiger partial charge in [0.15, 0.2) is 0 Å². The van der Waals surface area contributed by atoms with E-state index in [4.69, 9.17) is 10.5 Å². The molecule has 15 nitrogen and oxygen atoms in total. The van der Waals surface area contributed by atoms with Crippen LogP contribution in [0.5, 0.6) is 0 Å². The van der Waals surface area contributed by atoms with Crippen LogP contribution in [0.3, 0.4) is 0 Å². The highest BCUT2D eigenvalue weighted by Crippen LogP contribution is 2.36. The van der Waals surface area contributed by atoms with Crippen LogP contribution in [0.1, 0.15) is 91.3 Å². The van der Waals surface area contributed by atoms with Gasteiger partial charge in [-0.2, -0.15) is 0 Å². The zero-order chi connectivity index (χ0) is 40.5. The number of carbonyl (C=O) groups is 6. The first-order chi connectivity index (χ1) is 25.2. The summed E-state index contributed by atoms with van der Waals surface area (Å²) in [7, 11) is 1.24. The minimum Gasteiger partial charge on any atom is -0.469 e. The number of esters is 1. The maximum Gasteiger partial charge on any atom is 0.308 e. The van der Waals surface area contributed by atoms with Crippen molar-refractivity contribution in [1.29, 1.82) is 0 Å². The van der Waals surface area contributed by atoms with E-state index in [0.717, 1.165) is 5.56 Å². The molecule has 2 heterocycles. The fourth-order valence-electron chi connectivity index (χ4n) is 6.24. The summed E-state index contributed by atoms with van der Waals surface area (Å²) in [6.07, 6.45) is 1.21. The van der Waals surface area contributed by atoms with Gasteiger partial charge in [0, 0.05) is 17.5 Å². The highest BCUT2D eigenvalue weighted by Gasteiger charge is 2.47. The van der Waals surface area contributed by atoms with Crippen molar-refractivity contribution in [3.8, 4) is 0 Å². The fraction of sp³-hybridized carbons (Fsp3) is 0.579. The molecule has 0 fully saturated rings. The molecule has 1 aliphatic heterocycles. The molecule has 0 spiro atoms. The molecule has 54 heavy (non-hydrogen) atoms. The monoisotopic (exact) mass is 768 g/mol. The number of nitrogens with zero attached hydrogens (tertiary/aromatic N) is 3. The second-order valence-electron chi connectivity index (χ2n) is 16.0. The first-order valence-corrected chi connectivity index (χ1v) is 18.8. The van der Waals surface area contributed by atoms with Crippen molar-refractivity contribution in [2.24, 2.45) is 27.5 Å². The van der Waals surface area contributed by atoms with E-state index in [9.17, 15) is 24.0 Å². The largest absolute Gasteiger partial charge is 0.469 e. The highest BCUT2D eigenvalue weighted by atomic mass is 32.1. The van der Waals surface area contributed by atoms with Crippen LogP contribution in [0.2, 0.25) is 0 Å². The number of rotatable bonds is 11. The molecule has 5 amide bonds. The highest BCUT2D eigenvalue weighted by molar-refractivity contribution is 7.09. The second kappa shape index (κ2) is 18.5. The number of amides is 5. The number of benzene rings is 1. The Morgan fingerprint density at radius 2 is 1.67 bits per heavy atom. The summed E-state index contributed by atoms with van der Waals surface area (Å²) in [6, 6.07) is 3.75. The molecule has 1 aromatic heterocycles. The summed E-state index contributed by atoms with van der Waals surface area (Å²) in [5, 5.41) is 13.7. The van der Waals surface area contributed by atoms with E-state index in [2.05, 4.69) is 31.2 Å². The predicted octanol–water partition coefficient (Wildman–Crippen LogP) is 2.44. The molecule has 0 saturated heterocycles. The lowest BCUT2D eigenvalue weighted by molar-refractivity contribution is -0.151. The number of nitrogens with two attached hydrogens (primary N) is 1. The molecular formula is C38H56N8O7S. The Bertz CT molecular complexity index is 1670. The number of hydrogen-bond acceptors (Lipinski definition) is 11. The summed E-state index contributed by atoms with van der Waals surface area (Å²) in [5.41, 5.74) is 5.25. The Kier molecular flexibility index (Phi) is 14.9. The summed E-state index contributed by atoms with van der Waals surface area (Å²) in [4.78, 5) is 92.1. The molecule has 0 bridgehead atoms. The topological polar surface area (TPSA) is 214 Å². The SMILES string of the molecule is COC(=O)C[C@H](c1nccs1)N(C(=O)[C@@H](NC1=NCC(=O)NCC(=O)N[C@@H](C(C)C)C(=O)N[C@H]1C(C)(C)C)C(C)(C)C)[C@H](C(N)=O)[C@@H](C)c1ccccc1. The summed E-state index contributed by atoms with van der Waals surface area (Å²) >= 11 is 1.21. The number of aromatic nitrogens is 1. The number of aliphatic imine (C=N–C) groups is 1. The lowest BCUT2D eigenvalue weighted by atomic mass is 9.81. The third-order valence-corrected chi connectivity index (χ3v) is 10.1. The zero-order valence-electron chi connectivity index (χ0n) is 32.9. The Morgan fingerprint density at radius 3 is 2.19 bits per heavy atom. The number of ether oxygens (including phenoxy) is 1. The van der Waals surface area contributed by atoms with Gasteiger partial charge in [0.25, 0.3) is 0 Å². The van der Waals surface area contributed by atoms with Gasteiger partial charge in [-0.3, -0.25) is 33.8 Å². The van der Waals surface area contributed by atoms with Gasteiger partial charge in [0.1, 0.15) is 35.5 Å². The maximum atomic E-state index is 15.5. The van der Waals surface area contributed by atoms with Gasteiger partial charge in [-0.15, -0.1) is 11.3 Å². The summed E-state index contributed by atoms with van der Waals surface area (Å²) in [6.45, 7) is 15.6. The smallest absolute Gasteiger partial charge is 0.308 e. The normalized spacial score (nSPS) is 19.7. The predicted molar refractivity (Wildman–Crippen MR) is 206 cm³/mol. The molecule has 6 N–H and O–H groups in total. The third-order valence-electron chi connectivity index (χ3n) is 9.24. The fourth-order valence-corrected chi connectivity index (χ4v) is 6.97. The van der Waals surface area contributed by atoms with Crippen molar-refractivity contribution >= 4 is 52.7 Å². The first kappa shape index (κ1) is 43.5. The van der Waals surface area contributed by atoms with Crippen molar-refractivity contribution in [2.45, 2.75) is 105 Å². The average molecular weight is 769 g/mol. The second-order valence-corrected chi connectivity index (χ2v) is 16.9. The van der Waals surface area contributed by atoms with Gasteiger partial charge in [-0.1, -0.05) is 92.6 Å². The van der Waals surface area contributed by atoms with E-state index in [-0.39, 0.29) is 24.7 Å². The number of carbonyl (C=O) groups excluding carboxylic acids is 6. The molecular weight excluding hydrogens is 713 g/mol. The van der Waals surface area contributed by atoms with Crippen molar-refractivity contribution in [3.05, 3.63) is 52.5 Å². The molecule has 0 radical (unpaired) electrons. The molecule has 0 saturated carbocycles. The summed E-state index contributed by atoms with van der Waals surface area (Å²) < 4.78 is 5.06. The molecule has 1 aromatic carbocycles. The first-order valence-electron chi connectivity index (χ1n) is 18.0. The van der Waals surface area contributed by atoms with E-state index >= 15 is 4.79 Å². The Morgan fingerprint density at radius 1 is 1.02 bits per heavy atom. The minimum absolute atomic E-state index is 0.124. The van der Waals surface area contributed by atoms with Crippen molar-refractivity contribution in [2.75, 3.05) is 20.2 Å². The third kappa shape index (κ3) is 11.3. The van der Waals surface area contributed by atoms with Gasteiger partial charge >= 0.3 is 5.97 Å². The lowest BCUT2D eigenvalue weighted by Gasteiger charge is -2.44. The van der Waals surface area contributed by atoms with E-state index < -0.39 is 89.0 Å². The quantitative estimate of drug-likeness (QED) is 0.212. The number of thiazole rings is 1. The van der Waals surface area contributed by atoms with E-state index in [1.807, 2.05) is 71.9 Å². The number of primary amides is 1. The molecule has 6 atom stereocenters. The molecule has 0 aliphatic carbocycles. The van der Waals surface area contributed by atoms with Crippen LogP contribution >= 0.6 is 11.3 Å². The number of methoxy groups -OCH3 is 1. The van der Waals surface area contributed by atoms with Gasteiger partial charge in [-0.05, 0) is 22.3 Å². The van der Waals surface area contributed by atoms with E-state index in [1.165, 1.54) is 23.3 Å². The Hall–Kier alpha value is -4.86. The van der Waals surface area contributed by atoms with Gasteiger partial charge in [0.2, 0.25) is 29.5 Å². The molecule has 3 rings (SSSR count). The standard InChI is InChI=1S/C38H56N8O7S/c1-21(2)28-34(51)45-30(37(4,5)6)33(42-19-25(47)41-20-26(48)43-28)44-31(38(7,8)9)36(52)46(24(18-27(49)53-10)35-40-16-17-54-35)29(32(39)50)22(3)23-14-12-11-13-15-23/h11-17,21-22,24,28-31H,18-20H2,1-10H3,(H2,39,50)(H,41,47)(H,42,44)(H,43,48)(H,45,51)/t22-,24+,28-,29-,30+,31+/m0/s1. The van der Waals surface area contributed by atoms with Crippen LogP contribution in [-0.2, 0) is 33.5 Å². The zero-order valence-corrected chi connectivity index (χ0v) is 33.7. The van der Waals surface area contributed by atoms with Crippen LogP contribution in [0.4, 0.5) is 0 Å². The van der Waals surface area contributed by atoms with Crippen LogP contribution in [0, 0.1) is 16.7 Å². The number of hydrogen-bond donors (Lipinski definition) is 5. The average Bonchev–Trinajstić information content (AvgIpc) is 3.63. The van der Waals surface area contributed by atoms with Crippen molar-refractivity contribution in [1.82, 2.24) is 31.2 Å². The van der Waals surface area contributed by atoms with E-state index in [0.29, 0.717) is 5.01 Å². The van der Waals surface area contributed by atoms with E-state index in [1.54, 1.807) is 32.3 Å². The van der Waals surface area contributed by atoms with Crippen LogP contribution in [-0.4, -0.2) is 95.6 Å². The maximum absolute atomic E-state index is 15.5. The molecule has 0 unspecified atom stereocenters. The Balaban J connectivity index is 2.30. The van der Waals surface area contributed by atoms with Crippen LogP contribution in [0.25, 0.3) is 0 Å². The molecule has 16 heteroatoms. The Labute approximate surface area is 321 Å². The van der Waals surface area contributed by atoms with Gasteiger partial charge < -0.3 is 36.6 Å². The summed E-state index contributed by atoms with van der Waals surface area (Å²) in [5.74, 6) is -4.44. The van der Waals surface area contributed by atoms with Crippen molar-refractivity contribution in [3.63, 3.8) is 0 Å². The molecule has 2 aromatic rings. The van der Waals surface area contributed by atoms with Gasteiger partial charge in [0.05, 0.1) is 32.2 Å². The van der Waals surface area contributed by atoms with Crippen LogP contribution < -0.4 is 27.0 Å². The minimum atomic E-state index is -1.28. The van der Waals surface area contributed by atoms with Crippen molar-refractivity contribution < 1.29 is 33.5 Å². The van der Waals surface area contributed by atoms with Crippen LogP contribution in [0.15, 0.2) is 46.9 Å². The number of nitrogens with one attached hydrogen (secondary N) is 4. The molecule has 1 aliphatic rings. The van der Waals surface area contributed by atoms with Gasteiger partial charge in [-0.25, -0.2) is 4.98 Å². The molecule has 296 valence electrons. The number of amidine groups is 1. The lowest BCUT2D eigenvalue weighted by Crippen LogP contribution is -2.65.